The summed E-state index contributed by atoms with van der Waals surface area (Å²) in [6.45, 7) is 12.6. The molecule has 1 heteroatoms. The zero-order valence-corrected chi connectivity index (χ0v) is 15.8. The van der Waals surface area contributed by atoms with Crippen molar-refractivity contribution in [2.45, 2.75) is 72.8 Å². The smallest absolute Gasteiger partial charge is 0.0559 e. The van der Waals surface area contributed by atoms with Crippen LogP contribution in [0.2, 0.25) is 0 Å². The molecule has 0 radical (unpaired) electrons. The van der Waals surface area contributed by atoms with Crippen LogP contribution in [0.3, 0.4) is 0 Å². The minimum atomic E-state index is 0.116. The quantitative estimate of drug-likeness (QED) is 0.509. The number of rotatable bonds is 4. The average Bonchev–Trinajstić information content (AvgIpc) is 2.90. The molecule has 0 aromatic carbocycles. The SMILES string of the molecule is CC.C\C=C/C(C)=C\C=C\C1=C(C2=NC(C)(C)CC2)C=CCC1. The highest BCUT2D eigenvalue weighted by Gasteiger charge is 2.26. The minimum Gasteiger partial charge on any atom is -0.283 e. The fourth-order valence-corrected chi connectivity index (χ4v) is 2.87. The minimum absolute atomic E-state index is 0.116. The summed E-state index contributed by atoms with van der Waals surface area (Å²) in [6.07, 6.45) is 19.9. The Bertz CT molecular complexity index is 563. The second kappa shape index (κ2) is 9.50. The van der Waals surface area contributed by atoms with E-state index in [1.807, 2.05) is 20.8 Å². The van der Waals surface area contributed by atoms with Crippen molar-refractivity contribution in [1.82, 2.24) is 0 Å². The first-order valence-electron chi connectivity index (χ1n) is 8.98. The summed E-state index contributed by atoms with van der Waals surface area (Å²) in [4.78, 5) is 4.91. The zero-order valence-electron chi connectivity index (χ0n) is 15.8. The molecule has 1 heterocycles. The van der Waals surface area contributed by atoms with E-state index >= 15 is 0 Å². The van der Waals surface area contributed by atoms with E-state index in [0.717, 1.165) is 25.7 Å². The Morgan fingerprint density at radius 3 is 2.57 bits per heavy atom. The molecule has 1 aliphatic carbocycles. The molecule has 1 aliphatic heterocycles. The molecular formula is C22H33N. The van der Waals surface area contributed by atoms with Gasteiger partial charge < -0.3 is 0 Å². The highest BCUT2D eigenvalue weighted by molar-refractivity contribution is 6.05. The summed E-state index contributed by atoms with van der Waals surface area (Å²) in [5.74, 6) is 0. The van der Waals surface area contributed by atoms with Crippen LogP contribution in [0, 0.1) is 0 Å². The average molecular weight is 312 g/mol. The lowest BCUT2D eigenvalue weighted by Gasteiger charge is -2.14. The summed E-state index contributed by atoms with van der Waals surface area (Å²) >= 11 is 0. The second-order valence-corrected chi connectivity index (χ2v) is 6.52. The van der Waals surface area contributed by atoms with Crippen LogP contribution in [0.4, 0.5) is 0 Å². The molecule has 0 atom stereocenters. The molecule has 0 N–H and O–H groups in total. The van der Waals surface area contributed by atoms with Gasteiger partial charge in [0.15, 0.2) is 0 Å². The maximum atomic E-state index is 4.91. The third-order valence-electron chi connectivity index (χ3n) is 4.02. The van der Waals surface area contributed by atoms with Gasteiger partial charge in [-0.3, -0.25) is 4.99 Å². The highest BCUT2D eigenvalue weighted by Crippen LogP contribution is 2.31. The third kappa shape index (κ3) is 6.17. The Kier molecular flexibility index (Phi) is 8.02. The van der Waals surface area contributed by atoms with Gasteiger partial charge in [-0.05, 0) is 64.5 Å². The van der Waals surface area contributed by atoms with E-state index in [4.69, 9.17) is 4.99 Å². The van der Waals surface area contributed by atoms with Crippen molar-refractivity contribution < 1.29 is 0 Å². The molecule has 0 saturated carbocycles. The van der Waals surface area contributed by atoms with E-state index in [2.05, 4.69) is 63.3 Å². The molecule has 0 unspecified atom stereocenters. The normalized spacial score (nSPS) is 21.0. The van der Waals surface area contributed by atoms with Crippen LogP contribution < -0.4 is 0 Å². The molecule has 0 spiro atoms. The van der Waals surface area contributed by atoms with Crippen LogP contribution in [0.15, 0.2) is 64.2 Å². The van der Waals surface area contributed by atoms with E-state index in [0.29, 0.717) is 0 Å². The maximum absolute atomic E-state index is 4.91. The molecule has 0 aromatic heterocycles. The van der Waals surface area contributed by atoms with Gasteiger partial charge in [0.05, 0.1) is 5.54 Å². The summed E-state index contributed by atoms with van der Waals surface area (Å²) < 4.78 is 0. The van der Waals surface area contributed by atoms with Gasteiger partial charge in [0.25, 0.3) is 0 Å². The van der Waals surface area contributed by atoms with E-state index in [1.54, 1.807) is 0 Å². The molecule has 0 bridgehead atoms. The fraction of sp³-hybridized carbons (Fsp3) is 0.500. The van der Waals surface area contributed by atoms with Crippen LogP contribution in [0.1, 0.15) is 67.2 Å². The van der Waals surface area contributed by atoms with E-state index in [9.17, 15) is 0 Å². The van der Waals surface area contributed by atoms with Crippen LogP contribution in [0.5, 0.6) is 0 Å². The Balaban J connectivity index is 0.00000127. The topological polar surface area (TPSA) is 12.4 Å². The zero-order chi connectivity index (χ0) is 17.3. The van der Waals surface area contributed by atoms with Crippen molar-refractivity contribution in [3.05, 3.63) is 59.3 Å². The standard InChI is InChI=1S/C20H27N.C2H6/c1-5-9-16(2)10-8-12-17-11-6-7-13-18(17)19-14-15-20(3,4)21-19;1-2/h5,7-10,12-13H,6,11,14-15H2,1-4H3;1-2H3/b9-5-,12-8+,16-10-;. The van der Waals surface area contributed by atoms with Crippen molar-refractivity contribution in [3.8, 4) is 0 Å². The van der Waals surface area contributed by atoms with Gasteiger partial charge >= 0.3 is 0 Å². The van der Waals surface area contributed by atoms with Gasteiger partial charge in [-0.15, -0.1) is 0 Å². The number of hydrogen-bond donors (Lipinski definition) is 0. The van der Waals surface area contributed by atoms with Crippen molar-refractivity contribution >= 4 is 5.71 Å². The van der Waals surface area contributed by atoms with E-state index in [1.165, 1.54) is 22.4 Å². The Morgan fingerprint density at radius 1 is 1.22 bits per heavy atom. The van der Waals surface area contributed by atoms with Crippen molar-refractivity contribution in [1.29, 1.82) is 0 Å². The lowest BCUT2D eigenvalue weighted by atomic mass is 9.92. The van der Waals surface area contributed by atoms with Gasteiger partial charge in [-0.1, -0.05) is 62.0 Å². The van der Waals surface area contributed by atoms with Crippen molar-refractivity contribution in [3.63, 3.8) is 0 Å². The van der Waals surface area contributed by atoms with Crippen LogP contribution >= 0.6 is 0 Å². The number of nitrogens with zero attached hydrogens (tertiary/aromatic N) is 1. The highest BCUT2D eigenvalue weighted by atomic mass is 14.9. The molecule has 0 amide bonds. The molecule has 2 rings (SSSR count). The molecule has 0 saturated heterocycles. The molecule has 0 aromatic rings. The van der Waals surface area contributed by atoms with Crippen LogP contribution in [-0.4, -0.2) is 11.3 Å². The molecule has 2 aliphatic rings. The van der Waals surface area contributed by atoms with Gasteiger partial charge in [-0.25, -0.2) is 0 Å². The number of hydrogen-bond acceptors (Lipinski definition) is 1. The molecular weight excluding hydrogens is 278 g/mol. The fourth-order valence-electron chi connectivity index (χ4n) is 2.87. The molecule has 23 heavy (non-hydrogen) atoms. The molecule has 126 valence electrons. The largest absolute Gasteiger partial charge is 0.283 e. The third-order valence-corrected chi connectivity index (χ3v) is 4.02. The number of aliphatic imine (C=N–C) groups is 1. The van der Waals surface area contributed by atoms with Crippen LogP contribution in [-0.2, 0) is 0 Å². The molecule has 1 nitrogen and oxygen atoms in total. The summed E-state index contributed by atoms with van der Waals surface area (Å²) in [6, 6.07) is 0. The Labute approximate surface area is 143 Å². The van der Waals surface area contributed by atoms with Gasteiger partial charge in [0.2, 0.25) is 0 Å². The van der Waals surface area contributed by atoms with Gasteiger partial charge in [0.1, 0.15) is 0 Å². The van der Waals surface area contributed by atoms with Crippen molar-refractivity contribution in [2.75, 3.05) is 0 Å². The first kappa shape index (κ1) is 19.4. The predicted molar refractivity (Wildman–Crippen MR) is 105 cm³/mol. The summed E-state index contributed by atoms with van der Waals surface area (Å²) in [5, 5.41) is 0. The lowest BCUT2D eigenvalue weighted by molar-refractivity contribution is 0.522. The lowest BCUT2D eigenvalue weighted by Crippen LogP contribution is -2.10. The van der Waals surface area contributed by atoms with E-state index < -0.39 is 0 Å². The number of allylic oxidation sites excluding steroid dienone is 10. The molecule has 0 fully saturated rings. The first-order valence-corrected chi connectivity index (χ1v) is 8.98. The Hall–Kier alpha value is -1.63. The van der Waals surface area contributed by atoms with Gasteiger partial charge in [-0.2, -0.15) is 0 Å². The van der Waals surface area contributed by atoms with Crippen molar-refractivity contribution in [2.24, 2.45) is 4.99 Å². The van der Waals surface area contributed by atoms with E-state index in [-0.39, 0.29) is 5.54 Å². The maximum Gasteiger partial charge on any atom is 0.0559 e. The first-order chi connectivity index (χ1) is 11.0. The monoisotopic (exact) mass is 311 g/mol. The van der Waals surface area contributed by atoms with Crippen LogP contribution in [0.25, 0.3) is 0 Å². The second-order valence-electron chi connectivity index (χ2n) is 6.52. The predicted octanol–water partition coefficient (Wildman–Crippen LogP) is 6.75. The van der Waals surface area contributed by atoms with Gasteiger partial charge in [0, 0.05) is 5.71 Å². The summed E-state index contributed by atoms with van der Waals surface area (Å²) in [5.41, 5.74) is 5.48. The Morgan fingerprint density at radius 2 is 1.96 bits per heavy atom. The summed E-state index contributed by atoms with van der Waals surface area (Å²) in [7, 11) is 0.